The van der Waals surface area contributed by atoms with E-state index in [0.29, 0.717) is 4.80 Å². The molecule has 3 rings (SSSR count). The highest BCUT2D eigenvalue weighted by atomic mass is 32.1. The number of para-hydroxylation sites is 1. The molecule has 1 aromatic heterocycles. The van der Waals surface area contributed by atoms with Gasteiger partial charge < -0.3 is 0 Å². The highest BCUT2D eigenvalue weighted by Crippen LogP contribution is 2.23. The molecule has 0 amide bonds. The van der Waals surface area contributed by atoms with Crippen molar-refractivity contribution in [1.29, 1.82) is 5.41 Å². The summed E-state index contributed by atoms with van der Waals surface area (Å²) in [4.78, 5) is 0.547. The molecule has 1 heterocycles. The van der Waals surface area contributed by atoms with Gasteiger partial charge in [0.05, 0.1) is 5.69 Å². The van der Waals surface area contributed by atoms with Crippen LogP contribution >= 0.6 is 11.3 Å². The molecule has 2 nitrogen and oxygen atoms in total. The quantitative estimate of drug-likeness (QED) is 0.743. The fraction of sp³-hybridized carbons (Fsp3) is 0.118. The van der Waals surface area contributed by atoms with Gasteiger partial charge in [-0.1, -0.05) is 49.4 Å². The lowest BCUT2D eigenvalue weighted by Crippen LogP contribution is -2.11. The topological polar surface area (TPSA) is 28.8 Å². The molecule has 0 unspecified atom stereocenters. The summed E-state index contributed by atoms with van der Waals surface area (Å²) in [6.07, 6.45) is 1.05. The van der Waals surface area contributed by atoms with E-state index in [1.165, 1.54) is 16.9 Å². The molecule has 0 aliphatic heterocycles. The van der Waals surface area contributed by atoms with Gasteiger partial charge in [0, 0.05) is 11.1 Å². The van der Waals surface area contributed by atoms with E-state index in [1.54, 1.807) is 0 Å². The molecular formula is C17H16N2S. The smallest absolute Gasteiger partial charge is 0.187 e. The van der Waals surface area contributed by atoms with Gasteiger partial charge >= 0.3 is 0 Å². The van der Waals surface area contributed by atoms with E-state index in [4.69, 9.17) is 5.41 Å². The number of hydrogen-bond donors (Lipinski definition) is 1. The Morgan fingerprint density at radius 3 is 2.35 bits per heavy atom. The van der Waals surface area contributed by atoms with Crippen LogP contribution in [0.1, 0.15) is 12.5 Å². The van der Waals surface area contributed by atoms with E-state index in [0.717, 1.165) is 23.4 Å². The van der Waals surface area contributed by atoms with E-state index in [2.05, 4.69) is 36.6 Å². The molecular weight excluding hydrogens is 264 g/mol. The van der Waals surface area contributed by atoms with E-state index < -0.39 is 0 Å². The molecule has 100 valence electrons. The van der Waals surface area contributed by atoms with Crippen LogP contribution in [0.15, 0.2) is 60.0 Å². The number of hydrogen-bond acceptors (Lipinski definition) is 2. The van der Waals surface area contributed by atoms with Crippen molar-refractivity contribution >= 4 is 11.3 Å². The minimum absolute atomic E-state index is 0.547. The van der Waals surface area contributed by atoms with E-state index in [-0.39, 0.29) is 0 Å². The van der Waals surface area contributed by atoms with Gasteiger partial charge in [-0.3, -0.25) is 9.98 Å². The minimum Gasteiger partial charge on any atom is -0.286 e. The van der Waals surface area contributed by atoms with Gasteiger partial charge in [-0.2, -0.15) is 0 Å². The molecule has 0 saturated carbocycles. The zero-order valence-corrected chi connectivity index (χ0v) is 12.2. The van der Waals surface area contributed by atoms with E-state index >= 15 is 0 Å². The zero-order chi connectivity index (χ0) is 13.9. The second-order valence-electron chi connectivity index (χ2n) is 4.65. The molecule has 0 aliphatic carbocycles. The number of benzene rings is 2. The van der Waals surface area contributed by atoms with Crippen LogP contribution in [0.2, 0.25) is 0 Å². The SMILES string of the molecule is CCc1ccc(-c2csc(=N)n2-c2ccccc2)cc1. The average molecular weight is 280 g/mol. The Hall–Kier alpha value is -2.13. The first-order valence-corrected chi connectivity index (χ1v) is 7.57. The third-order valence-corrected chi connectivity index (χ3v) is 4.15. The summed E-state index contributed by atoms with van der Waals surface area (Å²) in [5, 5.41) is 10.2. The first-order chi connectivity index (χ1) is 9.79. The summed E-state index contributed by atoms with van der Waals surface area (Å²) in [6, 6.07) is 18.7. The lowest BCUT2D eigenvalue weighted by molar-refractivity contribution is 0.986. The second kappa shape index (κ2) is 5.47. The summed E-state index contributed by atoms with van der Waals surface area (Å²) in [5.41, 5.74) is 4.60. The van der Waals surface area contributed by atoms with Crippen LogP contribution < -0.4 is 4.80 Å². The molecule has 0 atom stereocenters. The molecule has 3 aromatic rings. The third-order valence-electron chi connectivity index (χ3n) is 3.40. The molecule has 0 fully saturated rings. The van der Waals surface area contributed by atoms with Crippen molar-refractivity contribution in [2.45, 2.75) is 13.3 Å². The number of thiazole rings is 1. The van der Waals surface area contributed by atoms with Gasteiger partial charge in [0.2, 0.25) is 0 Å². The van der Waals surface area contributed by atoms with E-state index in [1.807, 2.05) is 34.9 Å². The van der Waals surface area contributed by atoms with Gasteiger partial charge in [0.1, 0.15) is 0 Å². The number of nitrogens with zero attached hydrogens (tertiary/aromatic N) is 1. The van der Waals surface area contributed by atoms with Crippen LogP contribution in [0.5, 0.6) is 0 Å². The maximum atomic E-state index is 8.14. The number of rotatable bonds is 3. The summed E-state index contributed by atoms with van der Waals surface area (Å²) in [5.74, 6) is 0. The molecule has 2 aromatic carbocycles. The highest BCUT2D eigenvalue weighted by molar-refractivity contribution is 7.07. The van der Waals surface area contributed by atoms with Crippen LogP contribution in [-0.4, -0.2) is 4.57 Å². The number of nitrogens with one attached hydrogen (secondary N) is 1. The predicted molar refractivity (Wildman–Crippen MR) is 84.3 cm³/mol. The largest absolute Gasteiger partial charge is 0.286 e. The zero-order valence-electron chi connectivity index (χ0n) is 11.3. The predicted octanol–water partition coefficient (Wildman–Crippen LogP) is 4.25. The maximum absolute atomic E-state index is 8.14. The van der Waals surface area contributed by atoms with Gasteiger partial charge in [0.25, 0.3) is 0 Å². The standard InChI is InChI=1S/C17H16N2S/c1-2-13-8-10-14(11-9-13)16-12-20-17(18)19(16)15-6-4-3-5-7-15/h3-12,18H,2H2,1H3. The number of aromatic nitrogens is 1. The van der Waals surface area contributed by atoms with E-state index in [9.17, 15) is 0 Å². The van der Waals surface area contributed by atoms with Crippen molar-refractivity contribution in [2.75, 3.05) is 0 Å². The van der Waals surface area contributed by atoms with Crippen LogP contribution in [0.3, 0.4) is 0 Å². The lowest BCUT2D eigenvalue weighted by Gasteiger charge is -2.09. The third kappa shape index (κ3) is 2.32. The fourth-order valence-electron chi connectivity index (χ4n) is 2.27. The van der Waals surface area contributed by atoms with Gasteiger partial charge in [-0.05, 0) is 29.7 Å². The molecule has 0 bridgehead atoms. The van der Waals surface area contributed by atoms with Crippen molar-refractivity contribution in [1.82, 2.24) is 4.57 Å². The molecule has 1 N–H and O–H groups in total. The lowest BCUT2D eigenvalue weighted by atomic mass is 10.1. The molecule has 0 saturated heterocycles. The first kappa shape index (κ1) is 12.9. The number of aryl methyl sites for hydroxylation is 1. The Balaban J connectivity index is 2.13. The summed E-state index contributed by atoms with van der Waals surface area (Å²) >= 11 is 1.46. The van der Waals surface area contributed by atoms with Crippen LogP contribution in [0.25, 0.3) is 16.9 Å². The van der Waals surface area contributed by atoms with Crippen LogP contribution in [0.4, 0.5) is 0 Å². The normalized spacial score (nSPS) is 10.7. The summed E-state index contributed by atoms with van der Waals surface area (Å²) in [6.45, 7) is 2.16. The Kier molecular flexibility index (Phi) is 3.52. The maximum Gasteiger partial charge on any atom is 0.187 e. The Morgan fingerprint density at radius 2 is 1.70 bits per heavy atom. The minimum atomic E-state index is 0.547. The summed E-state index contributed by atoms with van der Waals surface area (Å²) < 4.78 is 1.99. The molecule has 3 heteroatoms. The molecule has 0 aliphatic rings. The van der Waals surface area contributed by atoms with Crippen molar-refractivity contribution in [2.24, 2.45) is 0 Å². The first-order valence-electron chi connectivity index (χ1n) is 6.69. The van der Waals surface area contributed by atoms with Gasteiger partial charge in [0.15, 0.2) is 4.80 Å². The highest BCUT2D eigenvalue weighted by Gasteiger charge is 2.08. The Bertz CT molecular complexity index is 752. The fourth-order valence-corrected chi connectivity index (χ4v) is 3.04. The summed E-state index contributed by atoms with van der Waals surface area (Å²) in [7, 11) is 0. The van der Waals surface area contributed by atoms with Crippen molar-refractivity contribution in [3.05, 3.63) is 70.3 Å². The van der Waals surface area contributed by atoms with Gasteiger partial charge in [-0.25, -0.2) is 0 Å². The Labute approximate surface area is 122 Å². The second-order valence-corrected chi connectivity index (χ2v) is 5.51. The van der Waals surface area contributed by atoms with Crippen molar-refractivity contribution in [3.63, 3.8) is 0 Å². The molecule has 0 spiro atoms. The van der Waals surface area contributed by atoms with Crippen LogP contribution in [0, 0.1) is 5.41 Å². The van der Waals surface area contributed by atoms with Crippen molar-refractivity contribution < 1.29 is 0 Å². The van der Waals surface area contributed by atoms with Gasteiger partial charge in [-0.15, -0.1) is 11.3 Å². The Morgan fingerprint density at radius 1 is 1.00 bits per heavy atom. The molecule has 20 heavy (non-hydrogen) atoms. The van der Waals surface area contributed by atoms with Crippen LogP contribution in [-0.2, 0) is 6.42 Å². The monoisotopic (exact) mass is 280 g/mol. The molecule has 0 radical (unpaired) electrons. The van der Waals surface area contributed by atoms with Crippen molar-refractivity contribution in [3.8, 4) is 16.9 Å². The average Bonchev–Trinajstić information content (AvgIpc) is 2.90.